The molecule has 35 heavy (non-hydrogen) atoms. The fraction of sp³-hybridized carbons (Fsp3) is 0.593. The van der Waals surface area contributed by atoms with Crippen molar-refractivity contribution in [3.8, 4) is 0 Å². The van der Waals surface area contributed by atoms with E-state index in [1.54, 1.807) is 0 Å². The van der Waals surface area contributed by atoms with Crippen LogP contribution in [0.4, 0.5) is 0 Å². The van der Waals surface area contributed by atoms with Gasteiger partial charge in [0.2, 0.25) is 5.91 Å². The zero-order valence-corrected chi connectivity index (χ0v) is 20.8. The molecule has 1 amide bonds. The molecule has 190 valence electrons. The number of carbonyl (C=O) groups is 2. The number of hydrogen-bond donors (Lipinski definition) is 3. The van der Waals surface area contributed by atoms with Gasteiger partial charge in [0.25, 0.3) is 0 Å². The number of benzene rings is 1. The lowest BCUT2D eigenvalue weighted by molar-refractivity contribution is -0.138. The topological polar surface area (TPSA) is 116 Å². The Balaban J connectivity index is 1.39. The number of hydrogen-bond acceptors (Lipinski definition) is 4. The number of unbranched alkanes of at least 4 members (excludes halogenated alkanes) is 1. The molecular formula is C27H39N5O3. The number of aryl methyl sites for hydroxylation is 2. The van der Waals surface area contributed by atoms with Gasteiger partial charge in [0.05, 0.1) is 6.04 Å². The van der Waals surface area contributed by atoms with E-state index < -0.39 is 5.97 Å². The average molecular weight is 482 g/mol. The number of amides is 1. The monoisotopic (exact) mass is 481 g/mol. The van der Waals surface area contributed by atoms with Gasteiger partial charge >= 0.3 is 5.97 Å². The number of aromatic nitrogens is 1. The Bertz CT molecular complexity index is 1080. The van der Waals surface area contributed by atoms with E-state index in [1.165, 1.54) is 5.69 Å². The van der Waals surface area contributed by atoms with Crippen LogP contribution in [0.25, 0.3) is 10.9 Å². The SMILES string of the molecule is CCn1c(CC[C@@H]2CCCN2C(=O)[C@H]2CCCN2CCCCC(=O)O)cc2ccc(C(=N)N)cc21. The van der Waals surface area contributed by atoms with E-state index in [1.807, 2.05) is 18.2 Å². The largest absolute Gasteiger partial charge is 0.481 e. The van der Waals surface area contributed by atoms with Crippen LogP contribution in [0.1, 0.15) is 69.5 Å². The molecule has 1 aromatic carbocycles. The third kappa shape index (κ3) is 5.69. The molecule has 4 N–H and O–H groups in total. The third-order valence-corrected chi connectivity index (χ3v) is 7.75. The molecule has 0 aliphatic carbocycles. The molecule has 2 aromatic rings. The highest BCUT2D eigenvalue weighted by Crippen LogP contribution is 2.29. The number of likely N-dealkylation sites (tertiary alicyclic amines) is 2. The third-order valence-electron chi connectivity index (χ3n) is 7.75. The van der Waals surface area contributed by atoms with Gasteiger partial charge in [0.1, 0.15) is 5.84 Å². The summed E-state index contributed by atoms with van der Waals surface area (Å²) in [5, 5.41) is 17.8. The molecule has 0 saturated carbocycles. The standard InChI is InChI=1S/C27H39N5O3/c1-2-31-22(17-19-10-11-20(26(28)29)18-24(19)31)13-12-21-7-5-16-32(21)27(35)23-8-6-15-30(23)14-4-3-9-25(33)34/h10-11,17-18,21,23H,2-9,12-16H2,1H3,(H3,28,29)(H,33,34)/t21-,23+/m0/s1. The second kappa shape index (κ2) is 11.2. The summed E-state index contributed by atoms with van der Waals surface area (Å²) in [6.07, 6.45) is 7.60. The fourth-order valence-electron chi connectivity index (χ4n) is 5.96. The van der Waals surface area contributed by atoms with Gasteiger partial charge in [-0.25, -0.2) is 0 Å². The van der Waals surface area contributed by atoms with Crippen molar-refractivity contribution < 1.29 is 14.7 Å². The maximum atomic E-state index is 13.5. The first kappa shape index (κ1) is 25.2. The Labute approximate surface area is 207 Å². The Morgan fingerprint density at radius 1 is 1.14 bits per heavy atom. The number of nitrogens with one attached hydrogen (secondary N) is 1. The molecule has 8 nitrogen and oxygen atoms in total. The van der Waals surface area contributed by atoms with Crippen LogP contribution >= 0.6 is 0 Å². The smallest absolute Gasteiger partial charge is 0.303 e. The van der Waals surface area contributed by atoms with Crippen LogP contribution in [0.5, 0.6) is 0 Å². The van der Waals surface area contributed by atoms with Crippen LogP contribution in [0, 0.1) is 5.41 Å². The van der Waals surface area contributed by atoms with E-state index in [0.29, 0.717) is 6.42 Å². The van der Waals surface area contributed by atoms with Gasteiger partial charge in [-0.05, 0) is 88.9 Å². The summed E-state index contributed by atoms with van der Waals surface area (Å²) in [5.74, 6) is -0.397. The Morgan fingerprint density at radius 2 is 1.94 bits per heavy atom. The fourth-order valence-corrected chi connectivity index (χ4v) is 5.96. The van der Waals surface area contributed by atoms with Crippen molar-refractivity contribution >= 4 is 28.6 Å². The highest BCUT2D eigenvalue weighted by Gasteiger charge is 2.37. The van der Waals surface area contributed by atoms with Crippen LogP contribution in [-0.2, 0) is 22.6 Å². The summed E-state index contributed by atoms with van der Waals surface area (Å²) < 4.78 is 2.30. The number of nitrogens with two attached hydrogens (primary N) is 1. The van der Waals surface area contributed by atoms with Gasteiger partial charge in [-0.15, -0.1) is 0 Å². The molecule has 0 spiro atoms. The van der Waals surface area contributed by atoms with Crippen molar-refractivity contribution in [2.24, 2.45) is 5.73 Å². The van der Waals surface area contributed by atoms with Crippen molar-refractivity contribution in [2.75, 3.05) is 19.6 Å². The van der Waals surface area contributed by atoms with E-state index in [2.05, 4.69) is 27.4 Å². The van der Waals surface area contributed by atoms with Gasteiger partial charge in [-0.3, -0.25) is 19.9 Å². The maximum absolute atomic E-state index is 13.5. The number of carboxylic acid groups (broad SMARTS) is 1. The van der Waals surface area contributed by atoms with Crippen molar-refractivity contribution in [1.29, 1.82) is 5.41 Å². The van der Waals surface area contributed by atoms with Gasteiger partial charge in [0, 0.05) is 42.3 Å². The first-order chi connectivity index (χ1) is 16.9. The zero-order chi connectivity index (χ0) is 24.9. The molecule has 1 aromatic heterocycles. The summed E-state index contributed by atoms with van der Waals surface area (Å²) in [6.45, 7) is 5.57. The molecule has 3 heterocycles. The number of carbonyl (C=O) groups excluding carboxylic acids is 1. The highest BCUT2D eigenvalue weighted by atomic mass is 16.4. The number of nitrogen functional groups attached to an aromatic ring is 1. The van der Waals surface area contributed by atoms with Crippen molar-refractivity contribution in [3.63, 3.8) is 0 Å². The Hall–Kier alpha value is -2.87. The van der Waals surface area contributed by atoms with Crippen molar-refractivity contribution in [2.45, 2.75) is 83.3 Å². The second-order valence-corrected chi connectivity index (χ2v) is 9.98. The minimum absolute atomic E-state index is 0.0486. The molecule has 0 bridgehead atoms. The molecular weight excluding hydrogens is 442 g/mol. The van der Waals surface area contributed by atoms with Crippen LogP contribution in [0.3, 0.4) is 0 Å². The van der Waals surface area contributed by atoms with E-state index in [4.69, 9.17) is 16.2 Å². The Morgan fingerprint density at radius 3 is 2.69 bits per heavy atom. The van der Waals surface area contributed by atoms with Gasteiger partial charge in [0.15, 0.2) is 0 Å². The van der Waals surface area contributed by atoms with Gasteiger partial charge in [-0.2, -0.15) is 0 Å². The average Bonchev–Trinajstić information content (AvgIpc) is 3.57. The lowest BCUT2D eigenvalue weighted by Crippen LogP contribution is -2.47. The first-order valence-corrected chi connectivity index (χ1v) is 13.1. The normalized spacial score (nSPS) is 20.7. The molecule has 2 aliphatic rings. The van der Waals surface area contributed by atoms with Crippen LogP contribution < -0.4 is 5.73 Å². The summed E-state index contributed by atoms with van der Waals surface area (Å²) in [7, 11) is 0. The van der Waals surface area contributed by atoms with Crippen LogP contribution in [-0.4, -0.2) is 68.9 Å². The molecule has 8 heteroatoms. The van der Waals surface area contributed by atoms with Gasteiger partial charge < -0.3 is 20.3 Å². The van der Waals surface area contributed by atoms with Crippen molar-refractivity contribution in [3.05, 3.63) is 35.5 Å². The van der Waals surface area contributed by atoms with E-state index in [9.17, 15) is 9.59 Å². The number of rotatable bonds is 11. The number of fused-ring (bicyclic) bond motifs is 1. The molecule has 2 saturated heterocycles. The summed E-state index contributed by atoms with van der Waals surface area (Å²) in [6, 6.07) is 8.40. The van der Waals surface area contributed by atoms with E-state index >= 15 is 0 Å². The Kier molecular flexibility index (Phi) is 8.11. The molecule has 2 fully saturated rings. The molecule has 0 unspecified atom stereocenters. The molecule has 2 atom stereocenters. The van der Waals surface area contributed by atoms with E-state index in [0.717, 1.165) is 87.6 Å². The number of aliphatic carboxylic acids is 1. The minimum Gasteiger partial charge on any atom is -0.481 e. The van der Waals surface area contributed by atoms with Crippen LogP contribution in [0.2, 0.25) is 0 Å². The maximum Gasteiger partial charge on any atom is 0.303 e. The first-order valence-electron chi connectivity index (χ1n) is 13.1. The summed E-state index contributed by atoms with van der Waals surface area (Å²) >= 11 is 0. The predicted octanol–water partition coefficient (Wildman–Crippen LogP) is 3.59. The lowest BCUT2D eigenvalue weighted by atomic mass is 10.1. The number of carboxylic acids is 1. The van der Waals surface area contributed by atoms with Crippen molar-refractivity contribution in [1.82, 2.24) is 14.4 Å². The number of nitrogens with zero attached hydrogens (tertiary/aromatic N) is 3. The minimum atomic E-state index is -0.750. The quantitative estimate of drug-likeness (QED) is 0.258. The zero-order valence-electron chi connectivity index (χ0n) is 20.8. The predicted molar refractivity (Wildman–Crippen MR) is 138 cm³/mol. The van der Waals surface area contributed by atoms with Gasteiger partial charge in [-0.1, -0.05) is 12.1 Å². The molecule has 2 aliphatic heterocycles. The molecule has 4 rings (SSSR count). The van der Waals surface area contributed by atoms with E-state index in [-0.39, 0.29) is 30.2 Å². The highest BCUT2D eigenvalue weighted by molar-refractivity contribution is 5.98. The summed E-state index contributed by atoms with van der Waals surface area (Å²) in [4.78, 5) is 28.7. The van der Waals surface area contributed by atoms with Crippen LogP contribution in [0.15, 0.2) is 24.3 Å². The lowest BCUT2D eigenvalue weighted by Gasteiger charge is -2.31. The second-order valence-electron chi connectivity index (χ2n) is 9.98. The molecule has 0 radical (unpaired) electrons. The number of amidine groups is 1. The summed E-state index contributed by atoms with van der Waals surface area (Å²) in [5.41, 5.74) is 8.83.